The Kier molecular flexibility index (Phi) is 5.05. The van der Waals surface area contributed by atoms with Crippen LogP contribution in [0.25, 0.3) is 0 Å². The zero-order valence-corrected chi connectivity index (χ0v) is 15.1. The Hall–Kier alpha value is -3.62. The van der Waals surface area contributed by atoms with Crippen LogP contribution in [0.15, 0.2) is 47.1 Å². The van der Waals surface area contributed by atoms with Gasteiger partial charge in [-0.15, -0.1) is 5.10 Å². The molecule has 9 nitrogen and oxygen atoms in total. The molecular formula is C19H20N6O3. The van der Waals surface area contributed by atoms with E-state index >= 15 is 0 Å². The zero-order valence-electron chi connectivity index (χ0n) is 15.1. The van der Waals surface area contributed by atoms with Gasteiger partial charge in [-0.05, 0) is 55.7 Å². The van der Waals surface area contributed by atoms with E-state index in [4.69, 9.17) is 4.42 Å². The normalized spacial score (nSPS) is 13.9. The molecule has 144 valence electrons. The van der Waals surface area contributed by atoms with Crippen molar-refractivity contribution in [3.05, 3.63) is 54.0 Å². The van der Waals surface area contributed by atoms with E-state index in [0.29, 0.717) is 23.1 Å². The molecule has 9 heteroatoms. The van der Waals surface area contributed by atoms with E-state index < -0.39 is 0 Å². The quantitative estimate of drug-likeness (QED) is 0.627. The van der Waals surface area contributed by atoms with Crippen LogP contribution in [0.2, 0.25) is 0 Å². The highest BCUT2D eigenvalue weighted by atomic mass is 16.3. The number of H-pyrrole nitrogens is 1. The molecule has 3 N–H and O–H groups in total. The lowest BCUT2D eigenvalue weighted by Crippen LogP contribution is -2.30. The van der Waals surface area contributed by atoms with E-state index in [1.807, 2.05) is 0 Å². The first kappa shape index (κ1) is 17.8. The molecule has 2 amide bonds. The number of carbonyl (C=O) groups is 2. The van der Waals surface area contributed by atoms with E-state index in [9.17, 15) is 9.59 Å². The number of piperidine rings is 1. The molecule has 0 atom stereocenters. The largest absolute Gasteiger partial charge is 0.459 e. The molecule has 1 aromatic carbocycles. The van der Waals surface area contributed by atoms with Gasteiger partial charge in [-0.2, -0.15) is 4.98 Å². The molecule has 0 spiro atoms. The van der Waals surface area contributed by atoms with E-state index in [2.05, 4.69) is 30.7 Å². The minimum absolute atomic E-state index is 0.219. The van der Waals surface area contributed by atoms with Crippen molar-refractivity contribution in [3.8, 4) is 0 Å². The van der Waals surface area contributed by atoms with Crippen LogP contribution in [0, 0.1) is 0 Å². The number of anilines is 3. The van der Waals surface area contributed by atoms with Gasteiger partial charge >= 0.3 is 0 Å². The SMILES string of the molecule is O=C(Nc1nc(N2CCCCC2)n[nH]1)c1ccc(NC(=O)c2ccco2)cc1. The van der Waals surface area contributed by atoms with Crippen molar-refractivity contribution in [1.82, 2.24) is 15.2 Å². The first-order valence-corrected chi connectivity index (χ1v) is 9.13. The second kappa shape index (κ2) is 7.95. The van der Waals surface area contributed by atoms with Gasteiger partial charge in [0.15, 0.2) is 5.76 Å². The number of carbonyl (C=O) groups excluding carboxylic acids is 2. The first-order chi connectivity index (χ1) is 13.7. The lowest BCUT2D eigenvalue weighted by molar-refractivity contribution is 0.0995. The summed E-state index contributed by atoms with van der Waals surface area (Å²) in [6.07, 6.45) is 4.91. The highest BCUT2D eigenvalue weighted by molar-refractivity contribution is 6.05. The highest BCUT2D eigenvalue weighted by Gasteiger charge is 2.16. The molecule has 0 radical (unpaired) electrons. The standard InChI is InChI=1S/C19H20N6O3/c26-16(21-18-22-19(24-23-18)25-10-2-1-3-11-25)13-6-8-14(9-7-13)20-17(27)15-5-4-12-28-15/h4-9,12H,1-3,10-11H2,(H,20,27)(H2,21,22,23,24,26). The Bertz CT molecular complexity index is 942. The fourth-order valence-corrected chi connectivity index (χ4v) is 3.03. The molecule has 3 heterocycles. The number of aromatic amines is 1. The molecule has 1 aliphatic rings. The molecule has 2 aromatic heterocycles. The van der Waals surface area contributed by atoms with Crippen molar-refractivity contribution in [2.45, 2.75) is 19.3 Å². The summed E-state index contributed by atoms with van der Waals surface area (Å²) in [5, 5.41) is 12.3. The molecule has 1 saturated heterocycles. The Morgan fingerprint density at radius 2 is 1.79 bits per heavy atom. The van der Waals surface area contributed by atoms with Crippen molar-refractivity contribution in [1.29, 1.82) is 0 Å². The lowest BCUT2D eigenvalue weighted by atomic mass is 10.1. The summed E-state index contributed by atoms with van der Waals surface area (Å²) in [6, 6.07) is 9.75. The van der Waals surface area contributed by atoms with Crippen molar-refractivity contribution in [2.75, 3.05) is 28.6 Å². The maximum Gasteiger partial charge on any atom is 0.291 e. The average molecular weight is 380 g/mol. The molecule has 0 saturated carbocycles. The number of hydrogen-bond donors (Lipinski definition) is 3. The summed E-state index contributed by atoms with van der Waals surface area (Å²) < 4.78 is 5.05. The summed E-state index contributed by atoms with van der Waals surface area (Å²) in [5.74, 6) is 0.461. The summed E-state index contributed by atoms with van der Waals surface area (Å²) in [7, 11) is 0. The molecule has 1 aliphatic heterocycles. The van der Waals surface area contributed by atoms with Crippen LogP contribution >= 0.6 is 0 Å². The third kappa shape index (κ3) is 4.03. The van der Waals surface area contributed by atoms with Gasteiger partial charge in [0.05, 0.1) is 6.26 Å². The average Bonchev–Trinajstić information content (AvgIpc) is 3.41. The van der Waals surface area contributed by atoms with Crippen LogP contribution in [0.3, 0.4) is 0 Å². The third-order valence-corrected chi connectivity index (χ3v) is 4.49. The molecule has 3 aromatic rings. The van der Waals surface area contributed by atoms with Gasteiger partial charge in [0, 0.05) is 24.3 Å². The Morgan fingerprint density at radius 3 is 2.50 bits per heavy atom. The van der Waals surface area contributed by atoms with Gasteiger partial charge in [0.2, 0.25) is 11.9 Å². The van der Waals surface area contributed by atoms with Gasteiger partial charge < -0.3 is 14.6 Å². The smallest absolute Gasteiger partial charge is 0.291 e. The molecule has 28 heavy (non-hydrogen) atoms. The third-order valence-electron chi connectivity index (χ3n) is 4.49. The summed E-state index contributed by atoms with van der Waals surface area (Å²) in [5.41, 5.74) is 0.997. The Balaban J connectivity index is 1.36. The van der Waals surface area contributed by atoms with E-state index in [0.717, 1.165) is 25.9 Å². The summed E-state index contributed by atoms with van der Waals surface area (Å²) in [4.78, 5) is 30.8. The fraction of sp³-hybridized carbons (Fsp3) is 0.263. The maximum atomic E-state index is 12.4. The van der Waals surface area contributed by atoms with Crippen LogP contribution in [0.1, 0.15) is 40.2 Å². The van der Waals surface area contributed by atoms with Gasteiger partial charge in [0.25, 0.3) is 11.8 Å². The topological polar surface area (TPSA) is 116 Å². The number of aromatic nitrogens is 3. The molecule has 1 fully saturated rings. The van der Waals surface area contributed by atoms with Crippen molar-refractivity contribution >= 4 is 29.4 Å². The molecule has 0 aliphatic carbocycles. The Morgan fingerprint density at radius 1 is 1.00 bits per heavy atom. The number of benzene rings is 1. The summed E-state index contributed by atoms with van der Waals surface area (Å²) in [6.45, 7) is 1.85. The van der Waals surface area contributed by atoms with Gasteiger partial charge in [-0.1, -0.05) is 0 Å². The predicted molar refractivity (Wildman–Crippen MR) is 104 cm³/mol. The molecule has 0 unspecified atom stereocenters. The number of amides is 2. The summed E-state index contributed by atoms with van der Waals surface area (Å²) >= 11 is 0. The van der Waals surface area contributed by atoms with Crippen molar-refractivity contribution < 1.29 is 14.0 Å². The van der Waals surface area contributed by atoms with Gasteiger partial charge in [-0.3, -0.25) is 14.9 Å². The maximum absolute atomic E-state index is 12.4. The minimum Gasteiger partial charge on any atom is -0.459 e. The Labute approximate surface area is 161 Å². The van der Waals surface area contributed by atoms with Gasteiger partial charge in [-0.25, -0.2) is 5.10 Å². The zero-order chi connectivity index (χ0) is 19.3. The number of rotatable bonds is 5. The molecule has 0 bridgehead atoms. The fourth-order valence-electron chi connectivity index (χ4n) is 3.03. The van der Waals surface area contributed by atoms with E-state index in [1.165, 1.54) is 12.7 Å². The molecular weight excluding hydrogens is 360 g/mol. The van der Waals surface area contributed by atoms with Crippen LogP contribution < -0.4 is 15.5 Å². The number of hydrogen-bond acceptors (Lipinski definition) is 6. The minimum atomic E-state index is -0.353. The van der Waals surface area contributed by atoms with Gasteiger partial charge in [0.1, 0.15) is 0 Å². The molecule has 4 rings (SSSR count). The van der Waals surface area contributed by atoms with Crippen LogP contribution in [-0.4, -0.2) is 40.1 Å². The van der Waals surface area contributed by atoms with Crippen LogP contribution in [-0.2, 0) is 0 Å². The predicted octanol–water partition coefficient (Wildman–Crippen LogP) is 2.89. The first-order valence-electron chi connectivity index (χ1n) is 9.13. The van der Waals surface area contributed by atoms with E-state index in [1.54, 1.807) is 36.4 Å². The number of furan rings is 1. The number of nitrogens with zero attached hydrogens (tertiary/aromatic N) is 3. The number of nitrogens with one attached hydrogen (secondary N) is 3. The second-order valence-electron chi connectivity index (χ2n) is 6.49. The lowest BCUT2D eigenvalue weighted by Gasteiger charge is -2.24. The van der Waals surface area contributed by atoms with Crippen LogP contribution in [0.5, 0.6) is 0 Å². The second-order valence-corrected chi connectivity index (χ2v) is 6.49. The monoisotopic (exact) mass is 380 g/mol. The van der Waals surface area contributed by atoms with Crippen molar-refractivity contribution in [2.24, 2.45) is 0 Å². The van der Waals surface area contributed by atoms with E-state index in [-0.39, 0.29) is 17.6 Å². The highest BCUT2D eigenvalue weighted by Crippen LogP contribution is 2.17. The van der Waals surface area contributed by atoms with Crippen molar-refractivity contribution in [3.63, 3.8) is 0 Å². The van der Waals surface area contributed by atoms with Crippen LogP contribution in [0.4, 0.5) is 17.6 Å².